The molecule has 3 aromatic rings. The number of thiazole rings is 1. The van der Waals surface area contributed by atoms with Crippen molar-refractivity contribution in [2.24, 2.45) is 5.10 Å². The number of aromatic nitrogens is 1. The van der Waals surface area contributed by atoms with E-state index >= 15 is 0 Å². The first kappa shape index (κ1) is 20.0. The van der Waals surface area contributed by atoms with Gasteiger partial charge in [-0.1, -0.05) is 46.9 Å². The topological polar surface area (TPSA) is 46.5 Å². The van der Waals surface area contributed by atoms with Gasteiger partial charge in [-0.25, -0.2) is 4.98 Å². The lowest BCUT2D eigenvalue weighted by Gasteiger charge is -2.11. The van der Waals surface area contributed by atoms with E-state index in [-0.39, 0.29) is 6.61 Å². The molecule has 4 nitrogen and oxygen atoms in total. The predicted octanol–water partition coefficient (Wildman–Crippen LogP) is 6.75. The summed E-state index contributed by atoms with van der Waals surface area (Å²) in [6.07, 6.45) is 1.71. The van der Waals surface area contributed by atoms with Crippen LogP contribution in [-0.2, 0) is 6.61 Å². The van der Waals surface area contributed by atoms with E-state index in [9.17, 15) is 0 Å². The van der Waals surface area contributed by atoms with Crippen molar-refractivity contribution < 1.29 is 4.74 Å². The van der Waals surface area contributed by atoms with Crippen molar-refractivity contribution in [1.82, 2.24) is 4.98 Å². The molecule has 1 N–H and O–H groups in total. The number of ether oxygens (including phenoxy) is 1. The Balaban J connectivity index is 1.65. The Morgan fingerprint density at radius 3 is 2.67 bits per heavy atom. The summed E-state index contributed by atoms with van der Waals surface area (Å²) < 4.78 is 5.81. The molecule has 27 heavy (non-hydrogen) atoms. The number of aryl methyl sites for hydroxylation is 2. The molecule has 1 aromatic heterocycles. The molecule has 0 aliphatic rings. The van der Waals surface area contributed by atoms with E-state index < -0.39 is 0 Å². The van der Waals surface area contributed by atoms with E-state index in [2.05, 4.69) is 15.5 Å². The second-order valence-electron chi connectivity index (χ2n) is 5.71. The molecule has 0 fully saturated rings. The lowest BCUT2D eigenvalue weighted by Crippen LogP contribution is -1.98. The maximum atomic E-state index is 6.20. The summed E-state index contributed by atoms with van der Waals surface area (Å²) in [6.45, 7) is 4.22. The Kier molecular flexibility index (Phi) is 6.60. The Morgan fingerprint density at radius 2 is 1.93 bits per heavy atom. The van der Waals surface area contributed by atoms with Gasteiger partial charge in [0, 0.05) is 15.5 Å². The third kappa shape index (κ3) is 5.14. The summed E-state index contributed by atoms with van der Waals surface area (Å²) in [5, 5.41) is 6.35. The van der Waals surface area contributed by atoms with Crippen LogP contribution in [0.5, 0.6) is 5.75 Å². The molecule has 0 saturated heterocycles. The monoisotopic (exact) mass is 439 g/mol. The van der Waals surface area contributed by atoms with E-state index in [1.165, 1.54) is 4.88 Å². The highest BCUT2D eigenvalue weighted by atomic mass is 35.5. The Bertz CT molecular complexity index is 969. The Labute approximate surface area is 176 Å². The maximum absolute atomic E-state index is 6.20. The largest absolute Gasteiger partial charge is 0.489 e. The second-order valence-corrected chi connectivity index (χ2v) is 8.11. The molecule has 3 rings (SSSR count). The molecule has 0 bridgehead atoms. The molecule has 1 heterocycles. The first-order chi connectivity index (χ1) is 12.9. The SMILES string of the molecule is Cc1nc(N/N=C/c2cccc(OCc3c(Cl)ccc(Cl)c3Cl)c2)sc1C. The fourth-order valence-electron chi connectivity index (χ4n) is 2.22. The van der Waals surface area contributed by atoms with Crippen molar-refractivity contribution in [2.45, 2.75) is 20.5 Å². The molecule has 8 heteroatoms. The molecule has 0 atom stereocenters. The van der Waals surface area contributed by atoms with Crippen LogP contribution in [0.15, 0.2) is 41.5 Å². The molecular formula is C19H16Cl3N3OS. The summed E-state index contributed by atoms with van der Waals surface area (Å²) >= 11 is 20.0. The van der Waals surface area contributed by atoms with Crippen LogP contribution in [0, 0.1) is 13.8 Å². The molecule has 0 spiro atoms. The smallest absolute Gasteiger partial charge is 0.203 e. The van der Waals surface area contributed by atoms with Crippen molar-refractivity contribution >= 4 is 57.5 Å². The fraction of sp³-hybridized carbons (Fsp3) is 0.158. The van der Waals surface area contributed by atoms with Crippen LogP contribution in [-0.4, -0.2) is 11.2 Å². The third-order valence-electron chi connectivity index (χ3n) is 3.78. The van der Waals surface area contributed by atoms with Crippen LogP contribution in [0.2, 0.25) is 15.1 Å². The molecule has 0 unspecified atom stereocenters. The van der Waals surface area contributed by atoms with Gasteiger partial charge in [-0.05, 0) is 43.7 Å². The minimum Gasteiger partial charge on any atom is -0.489 e. The molecular weight excluding hydrogens is 425 g/mol. The van der Waals surface area contributed by atoms with E-state index in [1.807, 2.05) is 38.1 Å². The molecule has 0 amide bonds. The number of anilines is 1. The summed E-state index contributed by atoms with van der Waals surface area (Å²) in [4.78, 5) is 5.55. The Morgan fingerprint density at radius 1 is 1.15 bits per heavy atom. The molecule has 0 radical (unpaired) electrons. The van der Waals surface area contributed by atoms with Crippen LogP contribution in [0.3, 0.4) is 0 Å². The average molecular weight is 441 g/mol. The first-order valence-electron chi connectivity index (χ1n) is 8.02. The molecule has 0 saturated carbocycles. The predicted molar refractivity (Wildman–Crippen MR) is 115 cm³/mol. The summed E-state index contributed by atoms with van der Waals surface area (Å²) in [5.74, 6) is 0.673. The van der Waals surface area contributed by atoms with Crippen molar-refractivity contribution in [1.29, 1.82) is 0 Å². The number of nitrogens with zero attached hydrogens (tertiary/aromatic N) is 2. The zero-order chi connectivity index (χ0) is 19.4. The molecule has 0 aliphatic carbocycles. The van der Waals surface area contributed by atoms with Crippen molar-refractivity contribution in [2.75, 3.05) is 5.43 Å². The van der Waals surface area contributed by atoms with E-state index in [1.54, 1.807) is 29.7 Å². The zero-order valence-corrected chi connectivity index (χ0v) is 17.7. The van der Waals surface area contributed by atoms with Crippen LogP contribution in [0.25, 0.3) is 0 Å². The van der Waals surface area contributed by atoms with Gasteiger partial charge < -0.3 is 4.74 Å². The maximum Gasteiger partial charge on any atom is 0.203 e. The standard InChI is InChI=1S/C19H16Cl3N3OS/c1-11-12(2)27-19(24-11)25-23-9-13-4-3-5-14(8-13)26-10-15-16(20)6-7-17(21)18(15)22/h3-9H,10H2,1-2H3,(H,24,25)/b23-9+. The minimum absolute atomic E-state index is 0.217. The van der Waals surface area contributed by atoms with Gasteiger partial charge in [0.15, 0.2) is 0 Å². The van der Waals surface area contributed by atoms with Gasteiger partial charge >= 0.3 is 0 Å². The quantitative estimate of drug-likeness (QED) is 0.262. The highest BCUT2D eigenvalue weighted by Gasteiger charge is 2.10. The average Bonchev–Trinajstić information content (AvgIpc) is 2.96. The van der Waals surface area contributed by atoms with E-state index in [0.717, 1.165) is 16.4 Å². The lowest BCUT2D eigenvalue weighted by atomic mass is 10.2. The molecule has 2 aromatic carbocycles. The van der Waals surface area contributed by atoms with Gasteiger partial charge in [-0.15, -0.1) is 11.3 Å². The van der Waals surface area contributed by atoms with Gasteiger partial charge in [-0.2, -0.15) is 5.10 Å². The Hall–Kier alpha value is -1.79. The fourth-order valence-corrected chi connectivity index (χ4v) is 3.65. The number of halogens is 3. The number of rotatable bonds is 6. The molecule has 0 aliphatic heterocycles. The van der Waals surface area contributed by atoms with Gasteiger partial charge in [0.2, 0.25) is 5.13 Å². The summed E-state index contributed by atoms with van der Waals surface area (Å²) in [6, 6.07) is 10.9. The van der Waals surface area contributed by atoms with Gasteiger partial charge in [0.05, 0.1) is 22.0 Å². The van der Waals surface area contributed by atoms with Gasteiger partial charge in [-0.3, -0.25) is 5.43 Å². The minimum atomic E-state index is 0.217. The highest BCUT2D eigenvalue weighted by molar-refractivity contribution is 7.15. The van der Waals surface area contributed by atoms with Crippen molar-refractivity contribution in [3.05, 3.63) is 73.2 Å². The number of hydrogen-bond donors (Lipinski definition) is 1. The van der Waals surface area contributed by atoms with Crippen LogP contribution >= 0.6 is 46.1 Å². The number of hydrogen-bond acceptors (Lipinski definition) is 5. The number of nitrogens with one attached hydrogen (secondary N) is 1. The van der Waals surface area contributed by atoms with Crippen molar-refractivity contribution in [3.8, 4) is 5.75 Å². The second kappa shape index (κ2) is 8.93. The van der Waals surface area contributed by atoms with Crippen molar-refractivity contribution in [3.63, 3.8) is 0 Å². The first-order valence-corrected chi connectivity index (χ1v) is 9.97. The normalized spacial score (nSPS) is 11.1. The number of benzene rings is 2. The van der Waals surface area contributed by atoms with Crippen LogP contribution in [0.1, 0.15) is 21.7 Å². The van der Waals surface area contributed by atoms with E-state index in [4.69, 9.17) is 39.5 Å². The van der Waals surface area contributed by atoms with E-state index in [0.29, 0.717) is 26.4 Å². The number of hydrazone groups is 1. The summed E-state index contributed by atoms with van der Waals surface area (Å²) in [5.41, 5.74) is 5.48. The van der Waals surface area contributed by atoms with Crippen LogP contribution < -0.4 is 10.2 Å². The van der Waals surface area contributed by atoms with Gasteiger partial charge in [0.1, 0.15) is 12.4 Å². The van der Waals surface area contributed by atoms with Crippen LogP contribution in [0.4, 0.5) is 5.13 Å². The molecule has 140 valence electrons. The highest BCUT2D eigenvalue weighted by Crippen LogP contribution is 2.32. The summed E-state index contributed by atoms with van der Waals surface area (Å²) in [7, 11) is 0. The third-order valence-corrected chi connectivity index (χ3v) is 5.96. The lowest BCUT2D eigenvalue weighted by molar-refractivity contribution is 0.306. The van der Waals surface area contributed by atoms with Gasteiger partial charge in [0.25, 0.3) is 0 Å². The zero-order valence-electron chi connectivity index (χ0n) is 14.6.